The van der Waals surface area contributed by atoms with Crippen molar-refractivity contribution in [1.29, 1.82) is 0 Å². The van der Waals surface area contributed by atoms with Crippen LogP contribution in [0.2, 0.25) is 0 Å². The molecular formula is C5H5F6FeSb. The van der Waals surface area contributed by atoms with Gasteiger partial charge in [-0.05, 0) is 0 Å². The minimum Gasteiger partial charge on any atom is -0.214 e. The minimum atomic E-state index is -11.2. The van der Waals surface area contributed by atoms with E-state index in [0.717, 1.165) is 0 Å². The Hall–Kier alpha value is 0.268. The van der Waals surface area contributed by atoms with E-state index in [1.54, 1.807) is 0 Å². The third-order valence-corrected chi connectivity index (χ3v) is 0.556. The Kier molecular flexibility index (Phi) is 4.59. The van der Waals surface area contributed by atoms with Gasteiger partial charge in [0.25, 0.3) is 0 Å². The Labute approximate surface area is 83.7 Å². The Morgan fingerprint density at radius 1 is 0.769 bits per heavy atom. The monoisotopic (exact) mass is 356 g/mol. The zero-order valence-corrected chi connectivity index (χ0v) is 9.61. The fraction of sp³-hybridized carbons (Fsp3) is 0. The Morgan fingerprint density at radius 2 is 1.00 bits per heavy atom. The van der Waals surface area contributed by atoms with Crippen molar-refractivity contribution in [3.05, 3.63) is 30.3 Å². The summed E-state index contributed by atoms with van der Waals surface area (Å²) in [4.78, 5) is 0. The molecule has 0 amide bonds. The van der Waals surface area contributed by atoms with Crippen molar-refractivity contribution >= 4 is 19.5 Å². The second-order valence-corrected chi connectivity index (χ2v) is 7.39. The zero-order valence-electron chi connectivity index (χ0n) is 5.96. The number of rotatable bonds is 0. The molecular weight excluding hydrogens is 352 g/mol. The predicted molar refractivity (Wildman–Crippen MR) is 34.4 cm³/mol. The van der Waals surface area contributed by atoms with Crippen LogP contribution in [0.4, 0.5) is 16.9 Å². The molecule has 0 aromatic heterocycles. The van der Waals surface area contributed by atoms with Crippen molar-refractivity contribution in [2.45, 2.75) is 0 Å². The summed E-state index contributed by atoms with van der Waals surface area (Å²) < 4.78 is 59.6. The van der Waals surface area contributed by atoms with E-state index in [9.17, 15) is 16.9 Å². The first kappa shape index (κ1) is 15.7. The smallest absolute Gasteiger partial charge is 0.214 e. The van der Waals surface area contributed by atoms with Crippen molar-refractivity contribution in [3.63, 3.8) is 0 Å². The molecule has 0 fully saturated rings. The molecule has 0 aliphatic carbocycles. The van der Waals surface area contributed by atoms with Crippen molar-refractivity contribution < 1.29 is 33.9 Å². The van der Waals surface area contributed by atoms with Crippen LogP contribution in [0.5, 0.6) is 0 Å². The summed E-state index contributed by atoms with van der Waals surface area (Å²) >= 11 is -11.2. The Morgan fingerprint density at radius 3 is 1.08 bits per heavy atom. The maximum absolute atomic E-state index is 11.2. The average molecular weight is 357 g/mol. The van der Waals surface area contributed by atoms with Gasteiger partial charge in [0.2, 0.25) is 0 Å². The van der Waals surface area contributed by atoms with E-state index in [4.69, 9.17) is 0 Å². The molecule has 0 bridgehead atoms. The first-order valence-electron chi connectivity index (χ1n) is 2.68. The number of hydrogen-bond acceptors (Lipinski definition) is 0. The van der Waals surface area contributed by atoms with Crippen LogP contribution in [0.3, 0.4) is 0 Å². The van der Waals surface area contributed by atoms with E-state index in [1.165, 1.54) is 0 Å². The molecule has 0 spiro atoms. The second kappa shape index (κ2) is 3.79. The van der Waals surface area contributed by atoms with E-state index >= 15 is 0 Å². The summed E-state index contributed by atoms with van der Waals surface area (Å²) in [7, 11) is 0. The molecule has 0 aliphatic rings. The molecule has 0 nitrogen and oxygen atoms in total. The van der Waals surface area contributed by atoms with E-state index in [2.05, 4.69) is 0 Å². The number of hydrogen-bond donors (Lipinski definition) is 0. The van der Waals surface area contributed by atoms with Crippen molar-refractivity contribution in [2.75, 3.05) is 0 Å². The normalized spacial score (nSPS) is 15.5. The van der Waals surface area contributed by atoms with Crippen LogP contribution in [-0.2, 0) is 17.1 Å². The molecule has 0 N–H and O–H groups in total. The van der Waals surface area contributed by atoms with Gasteiger partial charge in [-0.2, -0.15) is 18.2 Å². The third kappa shape index (κ3) is 46.6. The molecule has 1 aromatic carbocycles. The summed E-state index contributed by atoms with van der Waals surface area (Å²) in [5.41, 5.74) is 0. The molecule has 0 saturated heterocycles. The Bertz CT molecular complexity index is 192. The van der Waals surface area contributed by atoms with Gasteiger partial charge in [-0.25, -0.2) is 12.1 Å². The molecule has 13 heavy (non-hydrogen) atoms. The van der Waals surface area contributed by atoms with Crippen LogP contribution in [0.15, 0.2) is 30.3 Å². The van der Waals surface area contributed by atoms with Crippen LogP contribution in [0, 0.1) is 0 Å². The summed E-state index contributed by atoms with van der Waals surface area (Å²) in [6.45, 7) is 0. The van der Waals surface area contributed by atoms with Crippen LogP contribution in [-0.4, -0.2) is 19.5 Å². The van der Waals surface area contributed by atoms with E-state index < -0.39 is 19.5 Å². The SMILES string of the molecule is [F][Sb-]([F])([F])([F])([F])[F].[Fe+2].c1cc[cH-]c1. The van der Waals surface area contributed by atoms with Gasteiger partial charge in [0.1, 0.15) is 0 Å². The van der Waals surface area contributed by atoms with Crippen molar-refractivity contribution in [1.82, 2.24) is 0 Å². The van der Waals surface area contributed by atoms with E-state index in [0.29, 0.717) is 0 Å². The van der Waals surface area contributed by atoms with E-state index in [-0.39, 0.29) is 17.1 Å². The largest absolute Gasteiger partial charge is 2.00 e. The summed E-state index contributed by atoms with van der Waals surface area (Å²) in [6.07, 6.45) is 0. The summed E-state index contributed by atoms with van der Waals surface area (Å²) in [6, 6.07) is 10.0. The quantitative estimate of drug-likeness (QED) is 0.379. The molecule has 0 unspecified atom stereocenters. The average Bonchev–Trinajstić information content (AvgIpc) is 2.00. The molecule has 0 radical (unpaired) electrons. The number of halogens is 6. The van der Waals surface area contributed by atoms with Gasteiger partial charge >= 0.3 is 53.4 Å². The van der Waals surface area contributed by atoms with Gasteiger partial charge in [0.05, 0.1) is 0 Å². The maximum atomic E-state index is 9.93. The van der Waals surface area contributed by atoms with Crippen molar-refractivity contribution in [3.8, 4) is 0 Å². The molecule has 80 valence electrons. The first-order chi connectivity index (χ1) is 4.95. The summed E-state index contributed by atoms with van der Waals surface area (Å²) in [5, 5.41) is 0. The molecule has 0 heterocycles. The topological polar surface area (TPSA) is 0 Å². The molecule has 0 atom stereocenters. The zero-order chi connectivity index (χ0) is 9.94. The van der Waals surface area contributed by atoms with Crippen LogP contribution >= 0.6 is 0 Å². The molecule has 0 saturated carbocycles. The second-order valence-electron chi connectivity index (χ2n) is 1.92. The van der Waals surface area contributed by atoms with Crippen LogP contribution in [0.25, 0.3) is 0 Å². The van der Waals surface area contributed by atoms with Gasteiger partial charge in [-0.3, -0.25) is 0 Å². The van der Waals surface area contributed by atoms with Gasteiger partial charge < -0.3 is 0 Å². The Balaban J connectivity index is 0. The standard InChI is InChI=1S/C5H5.6FH.Fe.Sb/c1-2-4-5-3-1;;;;;;;;/h1-5H;6*1H;;/q-1;;;;;;;+2;+5/p-6. The van der Waals surface area contributed by atoms with Crippen LogP contribution < -0.4 is 0 Å². The maximum Gasteiger partial charge on any atom is 2.00 e. The molecule has 8 heteroatoms. The molecule has 1 rings (SSSR count). The predicted octanol–water partition coefficient (Wildman–Crippen LogP) is 3.54. The fourth-order valence-electron chi connectivity index (χ4n) is 0.321. The van der Waals surface area contributed by atoms with Crippen molar-refractivity contribution in [2.24, 2.45) is 0 Å². The van der Waals surface area contributed by atoms with Gasteiger partial charge in [-0.15, -0.1) is 0 Å². The first-order valence-corrected chi connectivity index (χ1v) is 8.47. The summed E-state index contributed by atoms with van der Waals surface area (Å²) in [5.74, 6) is 0. The van der Waals surface area contributed by atoms with E-state index in [1.807, 2.05) is 30.3 Å². The van der Waals surface area contributed by atoms with Gasteiger partial charge in [0, 0.05) is 0 Å². The van der Waals surface area contributed by atoms with Crippen LogP contribution in [0.1, 0.15) is 0 Å². The molecule has 1 aromatic rings. The molecule has 0 aliphatic heterocycles. The fourth-order valence-corrected chi connectivity index (χ4v) is 0.321. The van der Waals surface area contributed by atoms with Gasteiger partial charge in [0.15, 0.2) is 0 Å². The van der Waals surface area contributed by atoms with Gasteiger partial charge in [-0.1, -0.05) is 0 Å². The minimum absolute atomic E-state index is 0. The third-order valence-electron chi connectivity index (χ3n) is 0.556.